The van der Waals surface area contributed by atoms with Gasteiger partial charge in [0.05, 0.1) is 0 Å². The van der Waals surface area contributed by atoms with Crippen LogP contribution in [0.3, 0.4) is 0 Å². The Hall–Kier alpha value is -2.60. The molecule has 0 bridgehead atoms. The maximum atomic E-state index is 11.9. The topological polar surface area (TPSA) is 86.0 Å². The Labute approximate surface area is 144 Å². The highest BCUT2D eigenvalue weighted by atomic mass is 16.6. The van der Waals surface area contributed by atoms with Crippen LogP contribution in [0.15, 0.2) is 45.1 Å². The lowest BCUT2D eigenvalue weighted by Crippen LogP contribution is -2.45. The molecular weight excluding hydrogens is 324 g/mol. The van der Waals surface area contributed by atoms with Crippen molar-refractivity contribution in [1.82, 2.24) is 0 Å². The van der Waals surface area contributed by atoms with E-state index in [1.54, 1.807) is 45.9 Å². The quantitative estimate of drug-likeness (QED) is 0.523. The molecule has 2 aromatic rings. The summed E-state index contributed by atoms with van der Waals surface area (Å²) in [5.74, 6) is -0.0846. The molecule has 0 amide bonds. The lowest BCUT2D eigenvalue weighted by molar-refractivity contribution is -0.164. The van der Waals surface area contributed by atoms with Crippen molar-refractivity contribution in [1.29, 1.82) is 0 Å². The molecule has 1 aliphatic heterocycles. The maximum Gasteiger partial charge on any atom is 0.336 e. The Kier molecular flexibility index (Phi) is 4.16. The van der Waals surface area contributed by atoms with Gasteiger partial charge in [-0.25, -0.2) is 9.59 Å². The van der Waals surface area contributed by atoms with Crippen LogP contribution in [0.5, 0.6) is 5.75 Å². The van der Waals surface area contributed by atoms with Gasteiger partial charge in [0.15, 0.2) is 6.10 Å². The van der Waals surface area contributed by atoms with Crippen LogP contribution < -0.4 is 10.4 Å². The molecule has 0 fully saturated rings. The summed E-state index contributed by atoms with van der Waals surface area (Å²) >= 11 is 0. The molecule has 0 saturated heterocycles. The minimum atomic E-state index is -1.06. The fourth-order valence-corrected chi connectivity index (χ4v) is 2.92. The third-order valence-corrected chi connectivity index (χ3v) is 4.07. The molecule has 132 valence electrons. The molecule has 0 radical (unpaired) electrons. The Morgan fingerprint density at radius 3 is 2.68 bits per heavy atom. The van der Waals surface area contributed by atoms with E-state index in [1.165, 1.54) is 12.1 Å². The Bertz CT molecular complexity index is 917. The molecule has 0 saturated carbocycles. The molecule has 25 heavy (non-hydrogen) atoms. The summed E-state index contributed by atoms with van der Waals surface area (Å²) in [5.41, 5.74) is 0.238. The molecule has 1 aromatic carbocycles. The second-order valence-corrected chi connectivity index (χ2v) is 6.91. The molecule has 6 heteroatoms. The van der Waals surface area contributed by atoms with Crippen molar-refractivity contribution in [3.05, 3.63) is 51.9 Å². The number of benzene rings is 1. The Balaban J connectivity index is 1.92. The number of ether oxygens (including phenoxy) is 2. The van der Waals surface area contributed by atoms with Crippen LogP contribution in [0.2, 0.25) is 0 Å². The second-order valence-electron chi connectivity index (χ2n) is 6.91. The van der Waals surface area contributed by atoms with Crippen molar-refractivity contribution in [3.63, 3.8) is 0 Å². The third kappa shape index (κ3) is 3.30. The highest BCUT2D eigenvalue weighted by Crippen LogP contribution is 2.43. The van der Waals surface area contributed by atoms with Crippen LogP contribution in [0.1, 0.15) is 39.4 Å². The number of allylic oxidation sites excluding steroid dienone is 1. The van der Waals surface area contributed by atoms with E-state index in [0.717, 1.165) is 5.57 Å². The largest absolute Gasteiger partial charge is 0.483 e. The first-order valence-electron chi connectivity index (χ1n) is 7.98. The summed E-state index contributed by atoms with van der Waals surface area (Å²) in [5, 5.41) is 11.3. The van der Waals surface area contributed by atoms with E-state index < -0.39 is 29.4 Å². The van der Waals surface area contributed by atoms with Crippen LogP contribution in [0, 0.1) is 0 Å². The van der Waals surface area contributed by atoms with Crippen LogP contribution in [-0.2, 0) is 9.53 Å². The summed E-state index contributed by atoms with van der Waals surface area (Å²) in [7, 11) is 0. The van der Waals surface area contributed by atoms with Crippen molar-refractivity contribution in [2.24, 2.45) is 0 Å². The van der Waals surface area contributed by atoms with Gasteiger partial charge < -0.3 is 19.0 Å². The van der Waals surface area contributed by atoms with Gasteiger partial charge in [-0.15, -0.1) is 0 Å². The van der Waals surface area contributed by atoms with E-state index >= 15 is 0 Å². The van der Waals surface area contributed by atoms with E-state index in [2.05, 4.69) is 0 Å². The molecule has 6 nitrogen and oxygen atoms in total. The average molecular weight is 344 g/mol. The summed E-state index contributed by atoms with van der Waals surface area (Å²) < 4.78 is 16.4. The lowest BCUT2D eigenvalue weighted by atomic mass is 9.93. The smallest absolute Gasteiger partial charge is 0.336 e. The number of esters is 1. The number of carbonyl (C=O) groups excluding carboxylic acids is 1. The standard InChI is InChI=1S/C19H20O6/c1-10(2)7-16(21)25-19(3,4)18-17(22)12-8-11-5-6-15(20)23-13(11)9-14(12)24-18/h5-9,17-18,22H,1-4H3/t17-,18-/m0/s1. The van der Waals surface area contributed by atoms with Gasteiger partial charge in [0.25, 0.3) is 0 Å². The highest BCUT2D eigenvalue weighted by Gasteiger charge is 2.46. The monoisotopic (exact) mass is 344 g/mol. The van der Waals surface area contributed by atoms with Gasteiger partial charge in [0.1, 0.15) is 23.0 Å². The number of rotatable bonds is 3. The molecule has 2 heterocycles. The zero-order valence-electron chi connectivity index (χ0n) is 14.5. The summed E-state index contributed by atoms with van der Waals surface area (Å²) in [6, 6.07) is 6.23. The lowest BCUT2D eigenvalue weighted by Gasteiger charge is -2.32. The van der Waals surface area contributed by atoms with Gasteiger partial charge >= 0.3 is 11.6 Å². The fourth-order valence-electron chi connectivity index (χ4n) is 2.92. The van der Waals surface area contributed by atoms with E-state index in [0.29, 0.717) is 22.3 Å². The summed E-state index contributed by atoms with van der Waals surface area (Å²) in [6.07, 6.45) is -0.361. The first-order chi connectivity index (χ1) is 11.7. The minimum Gasteiger partial charge on any atom is -0.483 e. The van der Waals surface area contributed by atoms with Crippen molar-refractivity contribution in [3.8, 4) is 5.75 Å². The first-order valence-corrected chi connectivity index (χ1v) is 7.98. The number of hydrogen-bond donors (Lipinski definition) is 1. The SMILES string of the molecule is CC(C)=CC(=O)OC(C)(C)[C@H]1Oc2cc3oc(=O)ccc3cc2[C@@H]1O. The van der Waals surface area contributed by atoms with Crippen LogP contribution in [-0.4, -0.2) is 22.8 Å². The van der Waals surface area contributed by atoms with Crippen LogP contribution >= 0.6 is 0 Å². The number of aliphatic hydroxyl groups is 1. The Morgan fingerprint density at radius 2 is 2.00 bits per heavy atom. The summed E-state index contributed by atoms with van der Waals surface area (Å²) in [6.45, 7) is 6.96. The molecular formula is C19H20O6. The Morgan fingerprint density at radius 1 is 1.28 bits per heavy atom. The maximum absolute atomic E-state index is 11.9. The number of hydrogen-bond acceptors (Lipinski definition) is 6. The van der Waals surface area contributed by atoms with Crippen molar-refractivity contribution in [2.75, 3.05) is 0 Å². The number of carbonyl (C=O) groups is 1. The molecule has 3 rings (SSSR count). The number of fused-ring (bicyclic) bond motifs is 2. The van der Waals surface area contributed by atoms with Gasteiger partial charge in [0, 0.05) is 29.2 Å². The van der Waals surface area contributed by atoms with Crippen molar-refractivity contribution >= 4 is 16.9 Å². The first kappa shape index (κ1) is 17.2. The molecule has 1 aliphatic rings. The molecule has 2 atom stereocenters. The van der Waals surface area contributed by atoms with E-state index in [4.69, 9.17) is 13.9 Å². The van der Waals surface area contributed by atoms with Gasteiger partial charge in [-0.05, 0) is 39.8 Å². The van der Waals surface area contributed by atoms with E-state index in [-0.39, 0.29) is 0 Å². The van der Waals surface area contributed by atoms with E-state index in [9.17, 15) is 14.7 Å². The predicted molar refractivity (Wildman–Crippen MR) is 91.5 cm³/mol. The fraction of sp³-hybridized carbons (Fsp3) is 0.368. The third-order valence-electron chi connectivity index (χ3n) is 4.07. The van der Waals surface area contributed by atoms with Crippen LogP contribution in [0.4, 0.5) is 0 Å². The van der Waals surface area contributed by atoms with Gasteiger partial charge in [-0.3, -0.25) is 0 Å². The minimum absolute atomic E-state index is 0.374. The zero-order valence-corrected chi connectivity index (χ0v) is 14.5. The molecule has 0 aliphatic carbocycles. The number of aliphatic hydroxyl groups excluding tert-OH is 1. The zero-order chi connectivity index (χ0) is 18.4. The molecule has 1 aromatic heterocycles. The van der Waals surface area contributed by atoms with Gasteiger partial charge in [-0.1, -0.05) is 5.57 Å². The highest BCUT2D eigenvalue weighted by molar-refractivity contribution is 5.83. The molecule has 1 N–H and O–H groups in total. The van der Waals surface area contributed by atoms with Crippen LogP contribution in [0.25, 0.3) is 11.0 Å². The second kappa shape index (κ2) is 6.04. The summed E-state index contributed by atoms with van der Waals surface area (Å²) in [4.78, 5) is 23.3. The molecule has 0 spiro atoms. The van der Waals surface area contributed by atoms with Crippen molar-refractivity contribution in [2.45, 2.75) is 45.5 Å². The van der Waals surface area contributed by atoms with E-state index in [1.807, 2.05) is 0 Å². The predicted octanol–water partition coefficient (Wildman–Crippen LogP) is 2.88. The normalized spacial score (nSPS) is 19.2. The van der Waals surface area contributed by atoms with Gasteiger partial charge in [-0.2, -0.15) is 0 Å². The average Bonchev–Trinajstić information content (AvgIpc) is 2.81. The molecule has 0 unspecified atom stereocenters. The van der Waals surface area contributed by atoms with Gasteiger partial charge in [0.2, 0.25) is 0 Å². The van der Waals surface area contributed by atoms with Crippen molar-refractivity contribution < 1.29 is 23.8 Å².